The summed E-state index contributed by atoms with van der Waals surface area (Å²) < 4.78 is 0. The number of nitrogens with one attached hydrogen (secondary N) is 1. The first kappa shape index (κ1) is 14.4. The van der Waals surface area contributed by atoms with Gasteiger partial charge in [-0.2, -0.15) is 0 Å². The van der Waals surface area contributed by atoms with Crippen LogP contribution in [0.15, 0.2) is 12.1 Å². The number of hydrogen-bond acceptors (Lipinski definition) is 3. The Kier molecular flexibility index (Phi) is 4.48. The molecule has 106 valence electrons. The van der Waals surface area contributed by atoms with Crippen molar-refractivity contribution >= 4 is 0 Å². The minimum atomic E-state index is 0.420. The van der Waals surface area contributed by atoms with Crippen LogP contribution in [0.1, 0.15) is 49.8 Å². The van der Waals surface area contributed by atoms with Crippen LogP contribution in [0, 0.1) is 13.8 Å². The molecule has 2 N–H and O–H groups in total. The smallest absolute Gasteiger partial charge is 0.121 e. The fourth-order valence-corrected chi connectivity index (χ4v) is 3.06. The van der Waals surface area contributed by atoms with E-state index in [0.29, 0.717) is 17.8 Å². The van der Waals surface area contributed by atoms with Gasteiger partial charge in [0, 0.05) is 18.6 Å². The van der Waals surface area contributed by atoms with E-state index in [9.17, 15) is 5.11 Å². The summed E-state index contributed by atoms with van der Waals surface area (Å²) >= 11 is 0. The zero-order chi connectivity index (χ0) is 14.0. The summed E-state index contributed by atoms with van der Waals surface area (Å²) in [6, 6.07) is 5.33. The second kappa shape index (κ2) is 5.93. The van der Waals surface area contributed by atoms with Crippen LogP contribution in [-0.2, 0) is 6.54 Å². The van der Waals surface area contributed by atoms with Gasteiger partial charge < -0.3 is 5.11 Å². The monoisotopic (exact) mass is 262 g/mol. The Hall–Kier alpha value is -1.06. The van der Waals surface area contributed by atoms with E-state index in [0.717, 1.165) is 17.7 Å². The number of phenols is 1. The molecule has 2 atom stereocenters. The van der Waals surface area contributed by atoms with Gasteiger partial charge in [0.15, 0.2) is 0 Å². The van der Waals surface area contributed by atoms with Crippen molar-refractivity contribution in [2.75, 3.05) is 0 Å². The van der Waals surface area contributed by atoms with Crippen molar-refractivity contribution in [1.29, 1.82) is 0 Å². The minimum absolute atomic E-state index is 0.420. The van der Waals surface area contributed by atoms with E-state index >= 15 is 0 Å². The molecule has 3 nitrogen and oxygen atoms in total. The molecule has 1 aliphatic rings. The molecule has 0 aliphatic carbocycles. The number of aromatic hydroxyl groups is 1. The van der Waals surface area contributed by atoms with E-state index in [4.69, 9.17) is 0 Å². The van der Waals surface area contributed by atoms with Crippen LogP contribution in [0.3, 0.4) is 0 Å². The number of aryl methyl sites for hydroxylation is 2. The van der Waals surface area contributed by atoms with Crippen molar-refractivity contribution in [1.82, 2.24) is 10.4 Å². The number of nitrogens with zero attached hydrogens (tertiary/aromatic N) is 1. The highest BCUT2D eigenvalue weighted by Crippen LogP contribution is 2.24. The maximum Gasteiger partial charge on any atom is 0.121 e. The zero-order valence-corrected chi connectivity index (χ0v) is 12.5. The van der Waals surface area contributed by atoms with Gasteiger partial charge in [-0.25, -0.2) is 5.01 Å². The maximum absolute atomic E-state index is 9.80. The second-order valence-electron chi connectivity index (χ2n) is 5.95. The van der Waals surface area contributed by atoms with Crippen molar-refractivity contribution in [3.63, 3.8) is 0 Å². The lowest BCUT2D eigenvalue weighted by molar-refractivity contribution is 0.0435. The third-order valence-electron chi connectivity index (χ3n) is 4.21. The maximum atomic E-state index is 9.80. The van der Waals surface area contributed by atoms with Crippen molar-refractivity contribution in [3.8, 4) is 5.75 Å². The van der Waals surface area contributed by atoms with Crippen LogP contribution in [0.2, 0.25) is 0 Å². The van der Waals surface area contributed by atoms with Crippen molar-refractivity contribution < 1.29 is 5.11 Å². The predicted molar refractivity (Wildman–Crippen MR) is 79.0 cm³/mol. The molecule has 3 heteroatoms. The van der Waals surface area contributed by atoms with E-state index in [-0.39, 0.29) is 0 Å². The van der Waals surface area contributed by atoms with E-state index in [1.165, 1.54) is 24.8 Å². The van der Waals surface area contributed by atoms with Gasteiger partial charge >= 0.3 is 0 Å². The lowest BCUT2D eigenvalue weighted by Crippen LogP contribution is -2.51. The average molecular weight is 262 g/mol. The number of piperidine rings is 1. The summed E-state index contributed by atoms with van der Waals surface area (Å²) in [5.41, 5.74) is 6.71. The molecular formula is C16H26N2O. The van der Waals surface area contributed by atoms with Gasteiger partial charge in [0.1, 0.15) is 5.75 Å². The van der Waals surface area contributed by atoms with Gasteiger partial charge in [0.25, 0.3) is 0 Å². The molecule has 0 amide bonds. The fraction of sp³-hybridized carbons (Fsp3) is 0.625. The number of rotatable bonds is 3. The molecule has 1 aliphatic heterocycles. The highest BCUT2D eigenvalue weighted by atomic mass is 16.3. The van der Waals surface area contributed by atoms with Crippen LogP contribution in [0.25, 0.3) is 0 Å². The summed E-state index contributed by atoms with van der Waals surface area (Å²) in [6.07, 6.45) is 3.87. The molecule has 1 saturated heterocycles. The minimum Gasteiger partial charge on any atom is -0.507 e. The standard InChI is InChI=1S/C16H26N2O/c1-11-8-15(9-12(2)16(11)19)10-17-18-13(3)6-5-7-14(18)4/h8-9,13-14,17,19H,5-7,10H2,1-4H3. The summed E-state index contributed by atoms with van der Waals surface area (Å²) in [5.74, 6) is 0.420. The highest BCUT2D eigenvalue weighted by molar-refractivity contribution is 5.42. The average Bonchev–Trinajstić information content (AvgIpc) is 2.35. The normalized spacial score (nSPS) is 24.6. The SMILES string of the molecule is Cc1cc(CNN2C(C)CCCC2C)cc(C)c1O. The summed E-state index contributed by atoms with van der Waals surface area (Å²) in [4.78, 5) is 0. The number of benzene rings is 1. The lowest BCUT2D eigenvalue weighted by atomic mass is 10.00. The predicted octanol–water partition coefficient (Wildman–Crippen LogP) is 3.28. The molecule has 1 aromatic carbocycles. The van der Waals surface area contributed by atoms with Gasteiger partial charge in [-0.15, -0.1) is 0 Å². The van der Waals surface area contributed by atoms with E-state index in [1.807, 2.05) is 13.8 Å². The van der Waals surface area contributed by atoms with Crippen LogP contribution in [0.4, 0.5) is 0 Å². The summed E-state index contributed by atoms with van der Waals surface area (Å²) in [6.45, 7) is 9.32. The molecule has 2 rings (SSSR count). The van der Waals surface area contributed by atoms with Crippen molar-refractivity contribution in [2.45, 2.75) is 65.6 Å². The first-order valence-corrected chi connectivity index (χ1v) is 7.30. The lowest BCUT2D eigenvalue weighted by Gasteiger charge is -2.39. The Morgan fingerprint density at radius 2 is 1.68 bits per heavy atom. The molecule has 0 radical (unpaired) electrons. The Balaban J connectivity index is 2.02. The topological polar surface area (TPSA) is 35.5 Å². The van der Waals surface area contributed by atoms with E-state index < -0.39 is 0 Å². The van der Waals surface area contributed by atoms with Gasteiger partial charge in [0.2, 0.25) is 0 Å². The van der Waals surface area contributed by atoms with Crippen molar-refractivity contribution in [2.24, 2.45) is 0 Å². The first-order chi connectivity index (χ1) is 8.99. The number of phenolic OH excluding ortho intramolecular Hbond substituents is 1. The molecule has 0 aromatic heterocycles. The molecule has 1 heterocycles. The third-order valence-corrected chi connectivity index (χ3v) is 4.21. The Morgan fingerprint density at radius 1 is 1.16 bits per heavy atom. The van der Waals surface area contributed by atoms with Gasteiger partial charge in [-0.1, -0.05) is 18.6 Å². The van der Waals surface area contributed by atoms with Crippen molar-refractivity contribution in [3.05, 3.63) is 28.8 Å². The third kappa shape index (κ3) is 3.28. The highest BCUT2D eigenvalue weighted by Gasteiger charge is 2.24. The molecular weight excluding hydrogens is 236 g/mol. The quantitative estimate of drug-likeness (QED) is 0.877. The van der Waals surface area contributed by atoms with Gasteiger partial charge in [-0.05, 0) is 57.2 Å². The summed E-state index contributed by atoms with van der Waals surface area (Å²) in [5, 5.41) is 12.2. The molecule has 0 saturated carbocycles. The zero-order valence-electron chi connectivity index (χ0n) is 12.5. The number of hydrogen-bond donors (Lipinski definition) is 2. The van der Waals surface area contributed by atoms with E-state index in [1.54, 1.807) is 0 Å². The molecule has 19 heavy (non-hydrogen) atoms. The van der Waals surface area contributed by atoms with Crippen LogP contribution in [-0.4, -0.2) is 22.2 Å². The molecule has 0 spiro atoms. The molecule has 0 bridgehead atoms. The second-order valence-corrected chi connectivity index (χ2v) is 5.95. The van der Waals surface area contributed by atoms with Crippen LogP contribution in [0.5, 0.6) is 5.75 Å². The Bertz CT molecular complexity index is 411. The fourth-order valence-electron chi connectivity index (χ4n) is 3.06. The van der Waals surface area contributed by atoms with Gasteiger partial charge in [0.05, 0.1) is 0 Å². The first-order valence-electron chi connectivity index (χ1n) is 7.30. The van der Waals surface area contributed by atoms with Crippen LogP contribution < -0.4 is 5.43 Å². The number of hydrazine groups is 1. The molecule has 2 unspecified atom stereocenters. The van der Waals surface area contributed by atoms with Crippen LogP contribution >= 0.6 is 0 Å². The van der Waals surface area contributed by atoms with E-state index in [2.05, 4.69) is 36.4 Å². The molecule has 1 fully saturated rings. The Morgan fingerprint density at radius 3 is 2.21 bits per heavy atom. The van der Waals surface area contributed by atoms with Gasteiger partial charge in [-0.3, -0.25) is 5.43 Å². The Labute approximate surface area is 116 Å². The molecule has 1 aromatic rings. The largest absolute Gasteiger partial charge is 0.507 e. The summed E-state index contributed by atoms with van der Waals surface area (Å²) in [7, 11) is 0.